The van der Waals surface area contributed by atoms with Crippen molar-refractivity contribution in [2.24, 2.45) is 0 Å². The van der Waals surface area contributed by atoms with Crippen LogP contribution in [0.3, 0.4) is 0 Å². The van der Waals surface area contributed by atoms with Crippen LogP contribution >= 0.6 is 11.6 Å². The molecule has 0 aliphatic carbocycles. The largest absolute Gasteiger partial charge is 0.492 e. The van der Waals surface area contributed by atoms with Gasteiger partial charge in [0, 0.05) is 18.7 Å². The van der Waals surface area contributed by atoms with E-state index < -0.39 is 5.97 Å². The Morgan fingerprint density at radius 3 is 2.62 bits per heavy atom. The lowest BCUT2D eigenvalue weighted by molar-refractivity contribution is -0.138. The Kier molecular flexibility index (Phi) is 7.02. The van der Waals surface area contributed by atoms with Crippen molar-refractivity contribution in [1.29, 1.82) is 0 Å². The van der Waals surface area contributed by atoms with Gasteiger partial charge in [-0.25, -0.2) is 0 Å². The summed E-state index contributed by atoms with van der Waals surface area (Å²) in [7, 11) is 0. The van der Waals surface area contributed by atoms with Crippen LogP contribution in [0.25, 0.3) is 0 Å². The maximum atomic E-state index is 12.3. The molecular formula is C15H20ClNO4. The predicted octanol–water partition coefficient (Wildman–Crippen LogP) is 2.60. The van der Waals surface area contributed by atoms with Crippen LogP contribution in [0.5, 0.6) is 5.75 Å². The zero-order chi connectivity index (χ0) is 15.8. The Labute approximate surface area is 129 Å². The van der Waals surface area contributed by atoms with E-state index in [1.165, 1.54) is 4.90 Å². The Morgan fingerprint density at radius 2 is 2.05 bits per heavy atom. The predicted molar refractivity (Wildman–Crippen MR) is 80.8 cm³/mol. The fourth-order valence-electron chi connectivity index (χ4n) is 1.96. The van der Waals surface area contributed by atoms with Crippen molar-refractivity contribution in [1.82, 2.24) is 4.90 Å². The summed E-state index contributed by atoms with van der Waals surface area (Å²) in [4.78, 5) is 24.4. The molecular weight excluding hydrogens is 294 g/mol. The van der Waals surface area contributed by atoms with Gasteiger partial charge in [0.2, 0.25) is 5.91 Å². The highest BCUT2D eigenvalue weighted by molar-refractivity contribution is 6.32. The maximum Gasteiger partial charge on any atom is 0.305 e. The molecule has 0 unspecified atom stereocenters. The van der Waals surface area contributed by atoms with Gasteiger partial charge in [-0.3, -0.25) is 9.59 Å². The van der Waals surface area contributed by atoms with Crippen molar-refractivity contribution in [3.8, 4) is 5.75 Å². The quantitative estimate of drug-likeness (QED) is 0.801. The van der Waals surface area contributed by atoms with E-state index in [0.29, 0.717) is 29.5 Å². The van der Waals surface area contributed by atoms with Crippen LogP contribution in [0.1, 0.15) is 25.8 Å². The highest BCUT2D eigenvalue weighted by Gasteiger charge is 2.17. The normalized spacial score (nSPS) is 10.2. The highest BCUT2D eigenvalue weighted by Crippen LogP contribution is 2.29. The molecule has 0 aliphatic rings. The van der Waals surface area contributed by atoms with E-state index in [0.717, 1.165) is 0 Å². The van der Waals surface area contributed by atoms with Crippen molar-refractivity contribution in [2.45, 2.75) is 26.7 Å². The van der Waals surface area contributed by atoms with Crippen LogP contribution in [0.15, 0.2) is 18.2 Å². The molecule has 0 saturated carbocycles. The van der Waals surface area contributed by atoms with E-state index in [4.69, 9.17) is 21.4 Å². The van der Waals surface area contributed by atoms with Gasteiger partial charge < -0.3 is 14.7 Å². The first-order chi connectivity index (χ1) is 9.99. The third-order valence-electron chi connectivity index (χ3n) is 3.01. The number of aliphatic carboxylic acids is 1. The number of carbonyl (C=O) groups is 2. The lowest BCUT2D eigenvalue weighted by Crippen LogP contribution is -2.34. The molecule has 0 saturated heterocycles. The number of hydrogen-bond acceptors (Lipinski definition) is 3. The van der Waals surface area contributed by atoms with E-state index in [2.05, 4.69) is 0 Å². The summed E-state index contributed by atoms with van der Waals surface area (Å²) in [6, 6.07) is 5.27. The summed E-state index contributed by atoms with van der Waals surface area (Å²) in [5, 5.41) is 9.17. The molecule has 0 fully saturated rings. The Bertz CT molecular complexity index is 504. The van der Waals surface area contributed by atoms with Gasteiger partial charge in [0.1, 0.15) is 5.75 Å². The van der Waals surface area contributed by atoms with Gasteiger partial charge in [-0.2, -0.15) is 0 Å². The minimum Gasteiger partial charge on any atom is -0.492 e. The van der Waals surface area contributed by atoms with Crippen molar-refractivity contribution in [3.05, 3.63) is 28.8 Å². The van der Waals surface area contributed by atoms with Gasteiger partial charge in [-0.1, -0.05) is 23.7 Å². The molecule has 1 rings (SSSR count). The summed E-state index contributed by atoms with van der Waals surface area (Å²) in [6.45, 7) is 4.80. The first kappa shape index (κ1) is 17.3. The fraction of sp³-hybridized carbons (Fsp3) is 0.467. The summed E-state index contributed by atoms with van der Waals surface area (Å²) in [5.41, 5.74) is 0.711. The number of ether oxygens (including phenoxy) is 1. The molecule has 0 aliphatic heterocycles. The molecule has 1 aromatic rings. The number of amides is 1. The summed E-state index contributed by atoms with van der Waals surface area (Å²) < 4.78 is 5.48. The van der Waals surface area contributed by atoms with Crippen LogP contribution in [0.2, 0.25) is 5.02 Å². The first-order valence-corrected chi connectivity index (χ1v) is 7.27. The number of benzene rings is 1. The third-order valence-corrected chi connectivity index (χ3v) is 3.31. The minimum atomic E-state index is -0.918. The molecule has 1 N–H and O–H groups in total. The molecule has 0 aromatic heterocycles. The Balaban J connectivity index is 2.81. The van der Waals surface area contributed by atoms with E-state index >= 15 is 0 Å². The second-order valence-corrected chi connectivity index (χ2v) is 4.86. The van der Waals surface area contributed by atoms with Crippen LogP contribution in [-0.4, -0.2) is 41.6 Å². The van der Waals surface area contributed by atoms with Gasteiger partial charge in [0.25, 0.3) is 0 Å². The molecule has 0 heterocycles. The molecule has 6 heteroatoms. The topological polar surface area (TPSA) is 66.8 Å². The lowest BCUT2D eigenvalue weighted by Gasteiger charge is -2.21. The fourth-order valence-corrected chi connectivity index (χ4v) is 2.21. The average Bonchev–Trinajstić information content (AvgIpc) is 2.43. The maximum absolute atomic E-state index is 12.3. The molecule has 0 spiro atoms. The Morgan fingerprint density at radius 1 is 1.33 bits per heavy atom. The molecule has 1 aromatic carbocycles. The third kappa shape index (κ3) is 5.27. The number of nitrogens with zero attached hydrogens (tertiary/aromatic N) is 1. The summed E-state index contributed by atoms with van der Waals surface area (Å²) in [5.74, 6) is -0.537. The molecule has 0 radical (unpaired) electrons. The van der Waals surface area contributed by atoms with E-state index in [1.807, 2.05) is 13.8 Å². The number of carboxylic acid groups (broad SMARTS) is 1. The van der Waals surface area contributed by atoms with Crippen LogP contribution in [0.4, 0.5) is 0 Å². The monoisotopic (exact) mass is 313 g/mol. The van der Waals surface area contributed by atoms with Gasteiger partial charge in [-0.15, -0.1) is 0 Å². The van der Waals surface area contributed by atoms with Gasteiger partial charge in [-0.05, 0) is 19.9 Å². The average molecular weight is 314 g/mol. The van der Waals surface area contributed by atoms with E-state index in [1.54, 1.807) is 18.2 Å². The van der Waals surface area contributed by atoms with Crippen molar-refractivity contribution in [3.63, 3.8) is 0 Å². The number of para-hydroxylation sites is 1. The number of hydrogen-bond donors (Lipinski definition) is 1. The smallest absolute Gasteiger partial charge is 0.305 e. The van der Waals surface area contributed by atoms with Crippen LogP contribution in [0, 0.1) is 0 Å². The second-order valence-electron chi connectivity index (χ2n) is 4.46. The minimum absolute atomic E-state index is 0.0621. The van der Waals surface area contributed by atoms with Crippen molar-refractivity contribution >= 4 is 23.5 Å². The standard InChI is InChI=1S/C15H20ClNO4/c1-3-17(9-8-14(19)20)13(18)10-11-6-5-7-12(16)15(11)21-4-2/h5-7H,3-4,8-10H2,1-2H3,(H,19,20). The van der Waals surface area contributed by atoms with Crippen molar-refractivity contribution in [2.75, 3.05) is 19.7 Å². The molecule has 0 atom stereocenters. The second kappa shape index (κ2) is 8.52. The number of halogens is 1. The van der Waals surface area contributed by atoms with Crippen LogP contribution in [-0.2, 0) is 16.0 Å². The first-order valence-electron chi connectivity index (χ1n) is 6.89. The van der Waals surface area contributed by atoms with Crippen molar-refractivity contribution < 1.29 is 19.4 Å². The molecule has 0 bridgehead atoms. The SMILES string of the molecule is CCOc1c(Cl)cccc1CC(=O)N(CC)CCC(=O)O. The van der Waals surface area contributed by atoms with Gasteiger partial charge in [0.05, 0.1) is 24.5 Å². The molecule has 1 amide bonds. The number of likely N-dealkylation sites (N-methyl/N-ethyl adjacent to an activating group) is 1. The summed E-state index contributed by atoms with van der Waals surface area (Å²) >= 11 is 6.08. The highest BCUT2D eigenvalue weighted by atomic mass is 35.5. The molecule has 116 valence electrons. The summed E-state index contributed by atoms with van der Waals surface area (Å²) in [6.07, 6.45) is 0.0802. The zero-order valence-electron chi connectivity index (χ0n) is 12.3. The van der Waals surface area contributed by atoms with Crippen LogP contribution < -0.4 is 4.74 Å². The number of carbonyl (C=O) groups excluding carboxylic acids is 1. The van der Waals surface area contributed by atoms with E-state index in [9.17, 15) is 9.59 Å². The number of carboxylic acids is 1. The molecule has 5 nitrogen and oxygen atoms in total. The van der Waals surface area contributed by atoms with E-state index in [-0.39, 0.29) is 25.3 Å². The zero-order valence-corrected chi connectivity index (χ0v) is 13.0. The number of rotatable bonds is 8. The van der Waals surface area contributed by atoms with Gasteiger partial charge >= 0.3 is 5.97 Å². The lowest BCUT2D eigenvalue weighted by atomic mass is 10.1. The Hall–Kier alpha value is -1.75. The molecule has 21 heavy (non-hydrogen) atoms. The van der Waals surface area contributed by atoms with Gasteiger partial charge in [0.15, 0.2) is 0 Å².